The largest absolute Gasteiger partial charge is 0.508 e. The Balaban J connectivity index is 0.826. The van der Waals surface area contributed by atoms with Gasteiger partial charge >= 0.3 is 0 Å². The Hall–Kier alpha value is -5.74. The first-order valence-electron chi connectivity index (χ1n) is 20.4. The normalized spacial score (nSPS) is 16.0. The summed E-state index contributed by atoms with van der Waals surface area (Å²) in [5, 5.41) is 24.8. The number of fused-ring (bicyclic) bond motifs is 2. The smallest absolute Gasteiger partial charge is 0.219 e. The number of carbonyl (C=O) groups is 2. The number of rotatable bonds is 13. The standard InChI is InChI=1S/C47H53N5O5/c1-32-41-28-40(55)13-14-44(41)52(47(32)35-5-11-39(54)12-6-35)29-34-3-8-37(9-4-34)50-21-18-33(19-22-50)17-20-49-23-25-51(26-24-49)38-10-15-45-42(27-38)43(31-57-45)36(30-53)7-16-46(56)48-2/h3-6,8-15,27-28,30-31,33,36,54-55H,7,16-26,29H2,1-2H3,(H,48,56). The maximum absolute atomic E-state index is 12.0. The summed E-state index contributed by atoms with van der Waals surface area (Å²) in [6, 6.07) is 28.2. The molecule has 3 N–H and O–H groups in total. The Morgan fingerprint density at radius 3 is 2.26 bits per heavy atom. The number of amides is 1. The SMILES string of the molecule is CNC(=O)CCC(C=O)c1coc2ccc(N3CCN(CCC4CCN(c5ccc(Cn6c(-c7ccc(O)cc7)c(C)c7cc(O)ccc76)cc5)CC4)CC3)cc12. The Bertz CT molecular complexity index is 2330. The van der Waals surface area contributed by atoms with E-state index in [4.69, 9.17) is 4.42 Å². The van der Waals surface area contributed by atoms with E-state index in [0.717, 1.165) is 108 Å². The number of piperidine rings is 1. The van der Waals surface area contributed by atoms with Crippen molar-refractivity contribution in [2.24, 2.45) is 5.92 Å². The average Bonchev–Trinajstić information content (AvgIpc) is 3.78. The summed E-state index contributed by atoms with van der Waals surface area (Å²) < 4.78 is 8.12. The number of phenolic OH excluding ortho intramolecular Hbond substituents is 2. The van der Waals surface area contributed by atoms with Crippen LogP contribution in [0.1, 0.15) is 54.7 Å². The zero-order valence-electron chi connectivity index (χ0n) is 33.0. The second kappa shape index (κ2) is 16.8. The Morgan fingerprint density at radius 1 is 0.842 bits per heavy atom. The fourth-order valence-corrected chi connectivity index (χ4v) is 8.96. The lowest BCUT2D eigenvalue weighted by atomic mass is 9.93. The van der Waals surface area contributed by atoms with Gasteiger partial charge in [0.2, 0.25) is 5.91 Å². The molecule has 0 aliphatic carbocycles. The first-order valence-corrected chi connectivity index (χ1v) is 20.4. The molecule has 8 rings (SSSR count). The summed E-state index contributed by atoms with van der Waals surface area (Å²) in [4.78, 5) is 31.4. The Kier molecular flexibility index (Phi) is 11.2. The molecule has 10 heteroatoms. The minimum absolute atomic E-state index is 0.0679. The molecule has 296 valence electrons. The van der Waals surface area contributed by atoms with Gasteiger partial charge in [0.25, 0.3) is 0 Å². The number of nitrogens with zero attached hydrogens (tertiary/aromatic N) is 4. The highest BCUT2D eigenvalue weighted by molar-refractivity contribution is 5.93. The number of hydrogen-bond acceptors (Lipinski definition) is 8. The third-order valence-electron chi connectivity index (χ3n) is 12.4. The van der Waals surface area contributed by atoms with Gasteiger partial charge in [-0.2, -0.15) is 0 Å². The minimum atomic E-state index is -0.375. The topological polar surface area (TPSA) is 114 Å². The van der Waals surface area contributed by atoms with Crippen molar-refractivity contribution in [2.75, 3.05) is 62.7 Å². The number of carbonyl (C=O) groups excluding carboxylic acids is 2. The molecule has 4 aromatic carbocycles. The lowest BCUT2D eigenvalue weighted by Gasteiger charge is -2.38. The van der Waals surface area contributed by atoms with E-state index in [0.29, 0.717) is 19.4 Å². The van der Waals surface area contributed by atoms with Gasteiger partial charge in [-0.05, 0) is 135 Å². The number of hydrogen-bond donors (Lipinski definition) is 3. The third-order valence-corrected chi connectivity index (χ3v) is 12.4. The van der Waals surface area contributed by atoms with Gasteiger partial charge in [-0.25, -0.2) is 0 Å². The van der Waals surface area contributed by atoms with Crippen molar-refractivity contribution < 1.29 is 24.2 Å². The molecule has 1 atom stereocenters. The van der Waals surface area contributed by atoms with Crippen LogP contribution in [0.4, 0.5) is 11.4 Å². The van der Waals surface area contributed by atoms with Crippen molar-refractivity contribution in [1.29, 1.82) is 0 Å². The van der Waals surface area contributed by atoms with Crippen molar-refractivity contribution >= 4 is 45.4 Å². The predicted octanol–water partition coefficient (Wildman–Crippen LogP) is 8.06. The highest BCUT2D eigenvalue weighted by Gasteiger charge is 2.24. The molecule has 2 saturated heterocycles. The van der Waals surface area contributed by atoms with Crippen LogP contribution in [0.2, 0.25) is 0 Å². The van der Waals surface area contributed by atoms with Crippen molar-refractivity contribution in [1.82, 2.24) is 14.8 Å². The Morgan fingerprint density at radius 2 is 1.54 bits per heavy atom. The summed E-state index contributed by atoms with van der Waals surface area (Å²) >= 11 is 0. The van der Waals surface area contributed by atoms with Crippen LogP contribution in [0.25, 0.3) is 33.1 Å². The number of piperazine rings is 1. The van der Waals surface area contributed by atoms with Crippen LogP contribution in [-0.4, -0.2) is 84.7 Å². The van der Waals surface area contributed by atoms with Gasteiger partial charge < -0.3 is 39.1 Å². The molecule has 1 amide bonds. The van der Waals surface area contributed by atoms with Gasteiger partial charge in [-0.1, -0.05) is 12.1 Å². The molecule has 2 aliphatic heterocycles. The van der Waals surface area contributed by atoms with Crippen LogP contribution in [-0.2, 0) is 16.1 Å². The third kappa shape index (κ3) is 8.23. The second-order valence-corrected chi connectivity index (χ2v) is 15.8. The van der Waals surface area contributed by atoms with Crippen LogP contribution in [0.3, 0.4) is 0 Å². The fourth-order valence-electron chi connectivity index (χ4n) is 8.96. The van der Waals surface area contributed by atoms with E-state index in [2.05, 4.69) is 67.9 Å². The summed E-state index contributed by atoms with van der Waals surface area (Å²) in [7, 11) is 1.61. The van der Waals surface area contributed by atoms with Gasteiger partial charge in [0.15, 0.2) is 0 Å². The zero-order chi connectivity index (χ0) is 39.5. The minimum Gasteiger partial charge on any atom is -0.508 e. The molecule has 0 spiro atoms. The van der Waals surface area contributed by atoms with Gasteiger partial charge in [-0.3, -0.25) is 9.69 Å². The van der Waals surface area contributed by atoms with E-state index in [9.17, 15) is 19.8 Å². The van der Waals surface area contributed by atoms with E-state index in [-0.39, 0.29) is 23.3 Å². The highest BCUT2D eigenvalue weighted by atomic mass is 16.3. The number of aryl methyl sites for hydroxylation is 1. The molecule has 2 aliphatic rings. The molecule has 10 nitrogen and oxygen atoms in total. The van der Waals surface area contributed by atoms with E-state index in [1.807, 2.05) is 30.3 Å². The number of aromatic nitrogens is 1. The van der Waals surface area contributed by atoms with E-state index in [1.54, 1.807) is 31.5 Å². The molecular weight excluding hydrogens is 715 g/mol. The van der Waals surface area contributed by atoms with Crippen molar-refractivity contribution in [3.8, 4) is 22.8 Å². The number of anilines is 2. The lowest BCUT2D eigenvalue weighted by molar-refractivity contribution is -0.120. The van der Waals surface area contributed by atoms with E-state index >= 15 is 0 Å². The molecule has 0 radical (unpaired) electrons. The maximum atomic E-state index is 12.0. The second-order valence-electron chi connectivity index (χ2n) is 15.8. The number of nitrogens with one attached hydrogen (secondary N) is 1. The van der Waals surface area contributed by atoms with Gasteiger partial charge in [0.1, 0.15) is 23.4 Å². The predicted molar refractivity (Wildman–Crippen MR) is 228 cm³/mol. The first-order chi connectivity index (χ1) is 27.8. The van der Waals surface area contributed by atoms with Gasteiger partial charge in [0.05, 0.1) is 12.0 Å². The molecule has 2 fully saturated rings. The van der Waals surface area contributed by atoms with Crippen LogP contribution in [0, 0.1) is 12.8 Å². The molecule has 6 aromatic rings. The summed E-state index contributed by atoms with van der Waals surface area (Å²) in [6.07, 6.45) is 7.00. The van der Waals surface area contributed by atoms with Crippen molar-refractivity contribution in [3.05, 3.63) is 108 Å². The van der Waals surface area contributed by atoms with Crippen LogP contribution in [0.5, 0.6) is 11.5 Å². The Labute approximate surface area is 334 Å². The highest BCUT2D eigenvalue weighted by Crippen LogP contribution is 2.37. The molecule has 1 unspecified atom stereocenters. The monoisotopic (exact) mass is 767 g/mol. The van der Waals surface area contributed by atoms with Crippen molar-refractivity contribution in [2.45, 2.75) is 51.5 Å². The molecule has 57 heavy (non-hydrogen) atoms. The number of phenols is 2. The molecule has 4 heterocycles. The quantitative estimate of drug-likeness (QED) is 0.101. The lowest BCUT2D eigenvalue weighted by Crippen LogP contribution is -2.47. The molecule has 0 saturated carbocycles. The molecular formula is C47H53N5O5. The first kappa shape index (κ1) is 38.1. The average molecular weight is 768 g/mol. The summed E-state index contributed by atoms with van der Waals surface area (Å²) in [6.45, 7) is 10.1. The van der Waals surface area contributed by atoms with E-state index in [1.165, 1.54) is 30.5 Å². The summed E-state index contributed by atoms with van der Waals surface area (Å²) in [5.41, 5.74) is 9.56. The van der Waals surface area contributed by atoms with E-state index < -0.39 is 0 Å². The van der Waals surface area contributed by atoms with Crippen LogP contribution >= 0.6 is 0 Å². The van der Waals surface area contributed by atoms with Gasteiger partial charge in [0, 0.05) is 98.4 Å². The van der Waals surface area contributed by atoms with Crippen molar-refractivity contribution in [3.63, 3.8) is 0 Å². The number of furan rings is 1. The molecule has 2 aromatic heterocycles. The zero-order valence-corrected chi connectivity index (χ0v) is 33.0. The van der Waals surface area contributed by atoms with Crippen LogP contribution in [0.15, 0.2) is 95.6 Å². The fraction of sp³-hybridized carbons (Fsp3) is 0.362. The number of aldehydes is 1. The van der Waals surface area contributed by atoms with Crippen LogP contribution < -0.4 is 15.1 Å². The number of benzene rings is 4. The van der Waals surface area contributed by atoms with Gasteiger partial charge in [-0.15, -0.1) is 0 Å². The summed E-state index contributed by atoms with van der Waals surface area (Å²) in [5.74, 6) is 0.790. The molecule has 0 bridgehead atoms. The number of aromatic hydroxyl groups is 2. The maximum Gasteiger partial charge on any atom is 0.219 e.